The molecule has 20 heteroatoms. The van der Waals surface area contributed by atoms with Crippen LogP contribution in [0.2, 0.25) is 5.02 Å². The van der Waals surface area contributed by atoms with Gasteiger partial charge in [-0.25, -0.2) is 13.8 Å². The highest BCUT2D eigenvalue weighted by molar-refractivity contribution is 8.04. The molecule has 0 saturated heterocycles. The van der Waals surface area contributed by atoms with Crippen molar-refractivity contribution in [1.29, 1.82) is 0 Å². The van der Waals surface area contributed by atoms with Gasteiger partial charge in [-0.05, 0) is 83.9 Å². The van der Waals surface area contributed by atoms with Crippen LogP contribution in [0.3, 0.4) is 0 Å². The van der Waals surface area contributed by atoms with E-state index in [0.717, 1.165) is 40.1 Å². The molecule has 0 N–H and O–H groups in total. The van der Waals surface area contributed by atoms with E-state index in [-0.39, 0.29) is 48.4 Å². The fourth-order valence-electron chi connectivity index (χ4n) is 7.39. The van der Waals surface area contributed by atoms with Crippen LogP contribution in [0.1, 0.15) is 22.9 Å². The van der Waals surface area contributed by atoms with Gasteiger partial charge in [-0.1, -0.05) is 130 Å². The molecule has 0 bridgehead atoms. The van der Waals surface area contributed by atoms with Crippen LogP contribution in [0.15, 0.2) is 177 Å². The van der Waals surface area contributed by atoms with Gasteiger partial charge >= 0.3 is 0 Å². The van der Waals surface area contributed by atoms with E-state index in [1.807, 2.05) is 97.1 Å². The van der Waals surface area contributed by atoms with E-state index in [1.54, 1.807) is 67.7 Å². The van der Waals surface area contributed by atoms with Crippen LogP contribution < -0.4 is 9.80 Å². The zero-order chi connectivity index (χ0) is 46.4. The highest BCUT2D eigenvalue weighted by Gasteiger charge is 2.43. The van der Waals surface area contributed by atoms with Gasteiger partial charge in [0.25, 0.3) is 10.4 Å². The van der Waals surface area contributed by atoms with Crippen LogP contribution in [0, 0.1) is 5.82 Å². The molecule has 0 radical (unpaired) electrons. The third-order valence-corrected chi connectivity index (χ3v) is 13.3. The summed E-state index contributed by atoms with van der Waals surface area (Å²) in [4.78, 5) is 34.8. The summed E-state index contributed by atoms with van der Waals surface area (Å²) >= 11 is 8.16. The Bertz CT molecular complexity index is 3100. The third kappa shape index (κ3) is 9.99. The van der Waals surface area contributed by atoms with E-state index in [9.17, 15) is 4.39 Å². The average Bonchev–Trinajstić information content (AvgIpc) is 4.21. The van der Waals surface area contributed by atoms with Crippen molar-refractivity contribution in [2.45, 2.75) is 47.1 Å². The van der Waals surface area contributed by atoms with Crippen molar-refractivity contribution < 1.29 is 22.8 Å². The number of amides is 2. The minimum Gasteiger partial charge on any atom is -0.414 e. The number of thioether (sulfide) groups is 2. The summed E-state index contributed by atoms with van der Waals surface area (Å²) in [6.07, 6.45) is 0. The summed E-state index contributed by atoms with van der Waals surface area (Å²) in [5.41, 5.74) is 5.39. The summed E-state index contributed by atoms with van der Waals surface area (Å²) in [6, 6.07) is 46.1. The summed E-state index contributed by atoms with van der Waals surface area (Å²) < 4.78 is 30.0. The van der Waals surface area contributed by atoms with Crippen molar-refractivity contribution in [2.75, 3.05) is 9.80 Å². The highest BCUT2D eigenvalue weighted by Crippen LogP contribution is 2.39. The molecule has 2 atom stereocenters. The molecule has 4 aromatic heterocycles. The predicted octanol–water partition coefficient (Wildman–Crippen LogP) is 8.92. The normalized spacial score (nSPS) is 12.3. The molecule has 2 amide bonds. The topological polar surface area (TPSA) is 180 Å². The van der Waals surface area contributed by atoms with Crippen LogP contribution in [0.25, 0.3) is 22.1 Å². The van der Waals surface area contributed by atoms with Gasteiger partial charge < -0.3 is 18.6 Å². The van der Waals surface area contributed by atoms with Gasteiger partial charge in [0.05, 0.1) is 24.1 Å². The molecule has 0 aliphatic rings. The Labute approximate surface area is 400 Å². The molecule has 10 rings (SSSR count). The van der Waals surface area contributed by atoms with Crippen molar-refractivity contribution in [2.24, 2.45) is 0 Å². The van der Waals surface area contributed by atoms with E-state index in [0.29, 0.717) is 33.0 Å². The average molecular weight is 963 g/mol. The van der Waals surface area contributed by atoms with E-state index >= 15 is 9.59 Å². The first-order chi connectivity index (χ1) is 33.3. The lowest BCUT2D eigenvalue weighted by atomic mass is 10.1. The number of benzene rings is 6. The van der Waals surface area contributed by atoms with Crippen molar-refractivity contribution in [3.05, 3.63) is 191 Å². The Balaban J connectivity index is 1.07. The van der Waals surface area contributed by atoms with Crippen molar-refractivity contribution >= 4 is 80.4 Å². The van der Waals surface area contributed by atoms with Crippen LogP contribution in [0.5, 0.6) is 0 Å². The molecule has 0 spiro atoms. The second kappa shape index (κ2) is 20.0. The number of carbonyl (C=O) groups is 2. The Morgan fingerprint density at radius 1 is 0.529 bits per heavy atom. The second-order valence-corrected chi connectivity index (χ2v) is 17.9. The van der Waals surface area contributed by atoms with Crippen LogP contribution in [-0.4, -0.2) is 72.7 Å². The van der Waals surface area contributed by atoms with Gasteiger partial charge in [-0.2, -0.15) is 0 Å². The van der Waals surface area contributed by atoms with E-state index in [2.05, 4.69) is 41.0 Å². The molecule has 10 aromatic rings. The highest BCUT2D eigenvalue weighted by atomic mass is 35.5. The summed E-state index contributed by atoms with van der Waals surface area (Å²) in [7, 11) is 0. The van der Waals surface area contributed by atoms with Crippen molar-refractivity contribution in [3.63, 3.8) is 0 Å². The first-order valence-corrected chi connectivity index (χ1v) is 23.2. The Morgan fingerprint density at radius 3 is 1.40 bits per heavy atom. The van der Waals surface area contributed by atoms with Gasteiger partial charge in [-0.15, -0.1) is 30.6 Å². The van der Waals surface area contributed by atoms with E-state index in [4.69, 9.17) is 20.4 Å². The smallest absolute Gasteiger partial charge is 0.277 e. The summed E-state index contributed by atoms with van der Waals surface area (Å²) in [5.74, 6) is -1.03. The lowest BCUT2D eigenvalue weighted by Crippen LogP contribution is -2.49. The number of halogens is 2. The molecule has 6 aromatic carbocycles. The third-order valence-electron chi connectivity index (χ3n) is 10.7. The number of anilines is 2. The number of hydrogen-bond acceptors (Lipinski definition) is 14. The molecule has 0 aliphatic carbocycles. The number of hydrogen-bond donors (Lipinski definition) is 0. The van der Waals surface area contributed by atoms with Crippen LogP contribution >= 0.6 is 35.1 Å². The van der Waals surface area contributed by atoms with Gasteiger partial charge in [0.15, 0.2) is 0 Å². The fraction of sp³-hybridized carbons (Fsp3) is 0.125. The molecule has 4 heterocycles. The lowest BCUT2D eigenvalue weighted by molar-refractivity contribution is -0.123. The number of aromatic nitrogens is 10. The zero-order valence-electron chi connectivity index (χ0n) is 35.6. The van der Waals surface area contributed by atoms with E-state index in [1.165, 1.54) is 12.1 Å². The SMILES string of the molecule is O=C(C(Sc1nnc(Cn2nnc3ccccc32)o1)C(Sc1nnc(Cn2nnc3ccccc32)o1)C(=O)N(Cc1ccc(Cl)cc1)c1ccccc1)N(Cc1ccc(F)cc1)c1ccccc1. The minimum absolute atomic E-state index is 0.00389. The number of fused-ring (bicyclic) bond motifs is 2. The molecule has 338 valence electrons. The van der Waals surface area contributed by atoms with E-state index < -0.39 is 28.1 Å². The first kappa shape index (κ1) is 44.1. The fourth-order valence-corrected chi connectivity index (χ4v) is 9.68. The van der Waals surface area contributed by atoms with Gasteiger partial charge in [-0.3, -0.25) is 9.59 Å². The molecule has 0 saturated carbocycles. The molecule has 2 unspecified atom stereocenters. The molecule has 0 aliphatic heterocycles. The summed E-state index contributed by atoms with van der Waals surface area (Å²) in [5, 5.41) is 32.4. The standard InChI is InChI=1S/C48H36ClFN12O4S2/c49-33-23-19-31(20-24-33)27-59(35-11-3-1-4-12-35)45(63)43(67-47-55-53-41(65-47)29-61-39-17-9-7-15-37(39)51-57-61)44(46(64)60(36-13-5-2-6-14-36)28-32-21-25-34(50)26-22-32)68-48-56-54-42(66-48)30-62-40-18-10-8-16-38(40)52-58-62/h1-26,43-44H,27-30H2. The Morgan fingerprint density at radius 2 is 0.941 bits per heavy atom. The quantitative estimate of drug-likeness (QED) is 0.0790. The second-order valence-electron chi connectivity index (χ2n) is 15.2. The van der Waals surface area contributed by atoms with Crippen LogP contribution in [-0.2, 0) is 35.8 Å². The first-order valence-electron chi connectivity index (χ1n) is 21.1. The lowest BCUT2D eigenvalue weighted by Gasteiger charge is -2.33. The minimum atomic E-state index is -1.32. The Kier molecular flexibility index (Phi) is 13.0. The summed E-state index contributed by atoms with van der Waals surface area (Å²) in [6.45, 7) is 0.288. The van der Waals surface area contributed by atoms with Crippen molar-refractivity contribution in [3.8, 4) is 0 Å². The maximum absolute atomic E-state index is 15.8. The number of nitrogens with zero attached hydrogens (tertiary/aromatic N) is 12. The monoisotopic (exact) mass is 962 g/mol. The number of rotatable bonds is 17. The largest absolute Gasteiger partial charge is 0.414 e. The molecule has 16 nitrogen and oxygen atoms in total. The number of carbonyl (C=O) groups excluding carboxylic acids is 2. The zero-order valence-corrected chi connectivity index (χ0v) is 38.0. The Hall–Kier alpha value is -7.74. The number of para-hydroxylation sites is 4. The maximum Gasteiger partial charge on any atom is 0.277 e. The van der Waals surface area contributed by atoms with Gasteiger partial charge in [0.2, 0.25) is 23.6 Å². The van der Waals surface area contributed by atoms with Gasteiger partial charge in [0, 0.05) is 16.4 Å². The molecular weight excluding hydrogens is 927 g/mol. The molecular formula is C48H36ClFN12O4S2. The molecule has 68 heavy (non-hydrogen) atoms. The van der Waals surface area contributed by atoms with Crippen molar-refractivity contribution in [1.82, 2.24) is 50.4 Å². The maximum atomic E-state index is 15.8. The molecule has 0 fully saturated rings. The predicted molar refractivity (Wildman–Crippen MR) is 254 cm³/mol. The van der Waals surface area contributed by atoms with Gasteiger partial charge in [0.1, 0.15) is 40.4 Å². The van der Waals surface area contributed by atoms with Crippen LogP contribution in [0.4, 0.5) is 15.8 Å².